The van der Waals surface area contributed by atoms with Gasteiger partial charge in [-0.2, -0.15) is 4.98 Å². The number of hydrogen-bond donors (Lipinski definition) is 0. The minimum atomic E-state index is 0.335. The molecule has 0 saturated carbocycles. The van der Waals surface area contributed by atoms with E-state index in [0.717, 1.165) is 18.3 Å². The van der Waals surface area contributed by atoms with Crippen LogP contribution in [0.2, 0.25) is 0 Å². The van der Waals surface area contributed by atoms with E-state index < -0.39 is 0 Å². The Kier molecular flexibility index (Phi) is 5.51. The third-order valence-electron chi connectivity index (χ3n) is 5.40. The second kappa shape index (κ2) is 8.18. The second-order valence-electron chi connectivity index (χ2n) is 7.44. The minimum Gasteiger partial charge on any atom is -0.485 e. The lowest BCUT2D eigenvalue weighted by atomic mass is 10.1. The van der Waals surface area contributed by atoms with Gasteiger partial charge in [-0.15, -0.1) is 0 Å². The molecule has 2 aliphatic heterocycles. The van der Waals surface area contributed by atoms with Gasteiger partial charge in [0.2, 0.25) is 11.7 Å². The van der Waals surface area contributed by atoms with Crippen LogP contribution in [0.25, 0.3) is 0 Å². The number of ether oxygens (including phenoxy) is 1. The van der Waals surface area contributed by atoms with Crippen LogP contribution < -0.4 is 4.74 Å². The van der Waals surface area contributed by atoms with Gasteiger partial charge in [-0.3, -0.25) is 9.80 Å². The number of piperidine rings is 1. The predicted octanol–water partition coefficient (Wildman–Crippen LogP) is 3.02. The van der Waals surface area contributed by atoms with Crippen molar-refractivity contribution in [3.8, 4) is 5.75 Å². The molecule has 0 spiro atoms. The fourth-order valence-electron chi connectivity index (χ4n) is 4.08. The van der Waals surface area contributed by atoms with E-state index in [1.807, 2.05) is 6.07 Å². The van der Waals surface area contributed by atoms with Crippen LogP contribution >= 0.6 is 0 Å². The van der Waals surface area contributed by atoms with Gasteiger partial charge in [0, 0.05) is 32.6 Å². The SMILES string of the molecule is Cc1nc(COc2cccc(CN3CCC(N4CCCCC4)C3)c2)no1. The molecule has 140 valence electrons. The van der Waals surface area contributed by atoms with Gasteiger partial charge >= 0.3 is 0 Å². The number of aromatic nitrogens is 2. The van der Waals surface area contributed by atoms with E-state index in [9.17, 15) is 0 Å². The maximum Gasteiger partial charge on any atom is 0.223 e. The Morgan fingerprint density at radius 2 is 2.08 bits per heavy atom. The summed E-state index contributed by atoms with van der Waals surface area (Å²) < 4.78 is 10.8. The van der Waals surface area contributed by atoms with Gasteiger partial charge in [0.1, 0.15) is 5.75 Å². The summed E-state index contributed by atoms with van der Waals surface area (Å²) in [5.41, 5.74) is 1.30. The number of likely N-dealkylation sites (tertiary alicyclic amines) is 2. The van der Waals surface area contributed by atoms with Gasteiger partial charge in [0.15, 0.2) is 6.61 Å². The van der Waals surface area contributed by atoms with E-state index in [0.29, 0.717) is 18.3 Å². The van der Waals surface area contributed by atoms with Crippen LogP contribution in [0.15, 0.2) is 28.8 Å². The number of rotatable bonds is 6. The van der Waals surface area contributed by atoms with Crippen molar-refractivity contribution in [3.63, 3.8) is 0 Å². The summed E-state index contributed by atoms with van der Waals surface area (Å²) in [6.07, 6.45) is 5.45. The highest BCUT2D eigenvalue weighted by molar-refractivity contribution is 5.28. The summed E-state index contributed by atoms with van der Waals surface area (Å²) in [5.74, 6) is 2.00. The maximum atomic E-state index is 5.82. The topological polar surface area (TPSA) is 54.6 Å². The summed E-state index contributed by atoms with van der Waals surface area (Å²) in [5, 5.41) is 3.87. The molecule has 3 heterocycles. The first-order valence-electron chi connectivity index (χ1n) is 9.73. The van der Waals surface area contributed by atoms with Crippen LogP contribution in [0.5, 0.6) is 5.75 Å². The molecule has 2 fully saturated rings. The molecule has 26 heavy (non-hydrogen) atoms. The fraction of sp³-hybridized carbons (Fsp3) is 0.600. The van der Waals surface area contributed by atoms with Crippen LogP contribution in [0.4, 0.5) is 0 Å². The zero-order valence-corrected chi connectivity index (χ0v) is 15.6. The number of aryl methyl sites for hydroxylation is 1. The highest BCUT2D eigenvalue weighted by Crippen LogP contribution is 2.23. The zero-order valence-electron chi connectivity index (χ0n) is 15.6. The van der Waals surface area contributed by atoms with Crippen molar-refractivity contribution in [3.05, 3.63) is 41.5 Å². The first-order chi connectivity index (χ1) is 12.8. The van der Waals surface area contributed by atoms with Crippen LogP contribution in [0, 0.1) is 6.92 Å². The first kappa shape index (κ1) is 17.5. The molecule has 2 saturated heterocycles. The van der Waals surface area contributed by atoms with E-state index in [4.69, 9.17) is 9.26 Å². The molecule has 0 bridgehead atoms. The number of nitrogens with zero attached hydrogens (tertiary/aromatic N) is 4. The van der Waals surface area contributed by atoms with E-state index in [-0.39, 0.29) is 0 Å². The van der Waals surface area contributed by atoms with Crippen molar-refractivity contribution < 1.29 is 9.26 Å². The summed E-state index contributed by atoms with van der Waals surface area (Å²) >= 11 is 0. The Balaban J connectivity index is 1.29. The van der Waals surface area contributed by atoms with Gasteiger partial charge < -0.3 is 9.26 Å². The van der Waals surface area contributed by atoms with Gasteiger partial charge in [-0.1, -0.05) is 23.7 Å². The van der Waals surface area contributed by atoms with Crippen molar-refractivity contribution in [2.45, 2.75) is 51.8 Å². The largest absolute Gasteiger partial charge is 0.485 e. The molecule has 0 radical (unpaired) electrons. The first-order valence-corrected chi connectivity index (χ1v) is 9.73. The maximum absolute atomic E-state index is 5.82. The fourth-order valence-corrected chi connectivity index (χ4v) is 4.08. The Bertz CT molecular complexity index is 711. The number of benzene rings is 1. The van der Waals surface area contributed by atoms with Gasteiger partial charge in [0.05, 0.1) is 0 Å². The minimum absolute atomic E-state index is 0.335. The molecule has 4 rings (SSSR count). The summed E-state index contributed by atoms with van der Waals surface area (Å²) in [4.78, 5) is 9.44. The lowest BCUT2D eigenvalue weighted by molar-refractivity contribution is 0.161. The average molecular weight is 356 g/mol. The molecule has 1 aromatic heterocycles. The van der Waals surface area contributed by atoms with Gasteiger partial charge in [-0.25, -0.2) is 0 Å². The quantitative estimate of drug-likeness (QED) is 0.793. The molecular weight excluding hydrogens is 328 g/mol. The highest BCUT2D eigenvalue weighted by atomic mass is 16.5. The molecule has 0 N–H and O–H groups in total. The standard InChI is InChI=1S/C20H28N4O2/c1-16-21-20(22-26-16)15-25-19-7-5-6-17(12-19)13-23-11-8-18(14-23)24-9-3-2-4-10-24/h5-7,12,18H,2-4,8-11,13-15H2,1H3. The molecule has 1 atom stereocenters. The van der Waals surface area contributed by atoms with Crippen LogP contribution in [-0.2, 0) is 13.2 Å². The molecule has 1 aromatic carbocycles. The average Bonchev–Trinajstić information content (AvgIpc) is 3.30. The Morgan fingerprint density at radius 3 is 2.88 bits per heavy atom. The summed E-state index contributed by atoms with van der Waals surface area (Å²) in [6.45, 7) is 8.06. The molecule has 6 heteroatoms. The Hall–Kier alpha value is -1.92. The third kappa shape index (κ3) is 4.43. The predicted molar refractivity (Wildman–Crippen MR) is 98.9 cm³/mol. The number of hydrogen-bond acceptors (Lipinski definition) is 6. The molecule has 6 nitrogen and oxygen atoms in total. The second-order valence-corrected chi connectivity index (χ2v) is 7.44. The molecular formula is C20H28N4O2. The monoisotopic (exact) mass is 356 g/mol. The lowest BCUT2D eigenvalue weighted by Crippen LogP contribution is -2.40. The van der Waals surface area contributed by atoms with Crippen molar-refractivity contribution in [2.75, 3.05) is 26.2 Å². The molecule has 1 unspecified atom stereocenters. The van der Waals surface area contributed by atoms with E-state index in [2.05, 4.69) is 38.1 Å². The summed E-state index contributed by atoms with van der Waals surface area (Å²) in [7, 11) is 0. The Labute approximate surface area is 155 Å². The van der Waals surface area contributed by atoms with Crippen molar-refractivity contribution in [1.29, 1.82) is 0 Å². The van der Waals surface area contributed by atoms with E-state index >= 15 is 0 Å². The van der Waals surface area contributed by atoms with Crippen LogP contribution in [-0.4, -0.2) is 52.2 Å². The van der Waals surface area contributed by atoms with Crippen LogP contribution in [0.3, 0.4) is 0 Å². The smallest absolute Gasteiger partial charge is 0.223 e. The van der Waals surface area contributed by atoms with Crippen LogP contribution in [0.1, 0.15) is 43.0 Å². The highest BCUT2D eigenvalue weighted by Gasteiger charge is 2.28. The zero-order chi connectivity index (χ0) is 17.8. The van der Waals surface area contributed by atoms with E-state index in [1.165, 1.54) is 57.4 Å². The molecule has 2 aliphatic rings. The molecule has 2 aromatic rings. The van der Waals surface area contributed by atoms with Crippen molar-refractivity contribution >= 4 is 0 Å². The molecule has 0 aliphatic carbocycles. The van der Waals surface area contributed by atoms with Gasteiger partial charge in [0.25, 0.3) is 0 Å². The lowest BCUT2D eigenvalue weighted by Gasteiger charge is -2.32. The van der Waals surface area contributed by atoms with Crippen molar-refractivity contribution in [2.24, 2.45) is 0 Å². The van der Waals surface area contributed by atoms with Crippen molar-refractivity contribution in [1.82, 2.24) is 19.9 Å². The molecule has 0 amide bonds. The Morgan fingerprint density at radius 1 is 1.19 bits per heavy atom. The van der Waals surface area contributed by atoms with E-state index in [1.54, 1.807) is 6.92 Å². The summed E-state index contributed by atoms with van der Waals surface area (Å²) in [6, 6.07) is 9.10. The van der Waals surface area contributed by atoms with Gasteiger partial charge in [-0.05, 0) is 50.0 Å². The normalized spacial score (nSPS) is 22.0. The third-order valence-corrected chi connectivity index (χ3v) is 5.40.